The molecule has 2 aliphatic rings. The van der Waals surface area contributed by atoms with Gasteiger partial charge in [-0.25, -0.2) is 4.98 Å². The van der Waals surface area contributed by atoms with E-state index in [1.807, 2.05) is 24.3 Å². The van der Waals surface area contributed by atoms with Crippen LogP contribution in [0.5, 0.6) is 5.88 Å². The summed E-state index contributed by atoms with van der Waals surface area (Å²) in [5.41, 5.74) is 3.65. The second-order valence-electron chi connectivity index (χ2n) is 7.27. The molecule has 29 heavy (non-hydrogen) atoms. The van der Waals surface area contributed by atoms with Crippen LogP contribution in [0.4, 0.5) is 18.9 Å². The lowest BCUT2D eigenvalue weighted by molar-refractivity contribution is -0.154. The first-order chi connectivity index (χ1) is 13.8. The lowest BCUT2D eigenvalue weighted by Crippen LogP contribution is -2.29. The molecule has 1 amide bonds. The molecule has 2 heterocycles. The minimum atomic E-state index is -4.44. The number of carbonyl (C=O) groups excluding carboxylic acids is 1. The van der Waals surface area contributed by atoms with Gasteiger partial charge in [0, 0.05) is 24.0 Å². The molecule has 3 atom stereocenters. The molecular formula is C20H19F3N4O2. The molecule has 1 aliphatic heterocycles. The summed E-state index contributed by atoms with van der Waals surface area (Å²) in [4.78, 5) is 25.1. The maximum Gasteiger partial charge on any atom is 0.422 e. The number of aromatic nitrogens is 2. The van der Waals surface area contributed by atoms with Crippen molar-refractivity contribution in [1.29, 1.82) is 0 Å². The number of hydrogen-bond acceptors (Lipinski definition) is 5. The van der Waals surface area contributed by atoms with Crippen molar-refractivity contribution in [3.8, 4) is 5.88 Å². The van der Waals surface area contributed by atoms with Crippen LogP contribution in [-0.4, -0.2) is 34.4 Å². The van der Waals surface area contributed by atoms with E-state index in [-0.39, 0.29) is 23.6 Å². The van der Waals surface area contributed by atoms with Crippen molar-refractivity contribution in [2.75, 3.05) is 6.61 Å². The average Bonchev–Trinajstić information content (AvgIpc) is 3.38. The minimum absolute atomic E-state index is 0.0830. The molecule has 1 aromatic heterocycles. The first-order valence-corrected chi connectivity index (χ1v) is 9.27. The predicted molar refractivity (Wildman–Crippen MR) is 99.0 cm³/mol. The highest BCUT2D eigenvalue weighted by Gasteiger charge is 2.47. The second-order valence-corrected chi connectivity index (χ2v) is 7.27. The highest BCUT2D eigenvalue weighted by Crippen LogP contribution is 2.44. The molecule has 0 saturated heterocycles. The Hall–Kier alpha value is -2.97. The molecule has 0 spiro atoms. The molecule has 1 N–H and O–H groups in total. The smallest absolute Gasteiger partial charge is 0.422 e. The Labute approximate surface area is 165 Å². The van der Waals surface area contributed by atoms with Crippen molar-refractivity contribution in [2.24, 2.45) is 16.8 Å². The fourth-order valence-corrected chi connectivity index (χ4v) is 3.40. The lowest BCUT2D eigenvalue weighted by atomic mass is 10.1. The van der Waals surface area contributed by atoms with Crippen LogP contribution < -0.4 is 10.1 Å². The van der Waals surface area contributed by atoms with Crippen LogP contribution in [0.3, 0.4) is 0 Å². The van der Waals surface area contributed by atoms with Crippen molar-refractivity contribution in [3.05, 3.63) is 47.9 Å². The molecule has 9 heteroatoms. The lowest BCUT2D eigenvalue weighted by Gasteiger charge is -2.14. The van der Waals surface area contributed by atoms with Crippen molar-refractivity contribution in [1.82, 2.24) is 15.3 Å². The normalized spacial score (nSPS) is 21.2. The molecule has 6 nitrogen and oxygen atoms in total. The summed E-state index contributed by atoms with van der Waals surface area (Å²) in [5.74, 6) is -0.266. The highest BCUT2D eigenvalue weighted by molar-refractivity contribution is 6.01. The van der Waals surface area contributed by atoms with E-state index in [0.717, 1.165) is 30.4 Å². The quantitative estimate of drug-likeness (QED) is 0.799. The van der Waals surface area contributed by atoms with E-state index in [1.54, 1.807) is 6.92 Å². The summed E-state index contributed by atoms with van der Waals surface area (Å²) in [5, 5.41) is 2.89. The number of nitrogens with one attached hydrogen (secondary N) is 1. The van der Waals surface area contributed by atoms with E-state index in [4.69, 9.17) is 0 Å². The van der Waals surface area contributed by atoms with Gasteiger partial charge in [-0.15, -0.1) is 0 Å². The Morgan fingerprint density at radius 1 is 1.28 bits per heavy atom. The molecule has 2 aromatic rings. The third-order valence-electron chi connectivity index (χ3n) is 5.02. The summed E-state index contributed by atoms with van der Waals surface area (Å²) >= 11 is 0. The number of amides is 1. The topological polar surface area (TPSA) is 76.5 Å². The number of alkyl halides is 3. The Morgan fingerprint density at radius 3 is 2.76 bits per heavy atom. The van der Waals surface area contributed by atoms with Gasteiger partial charge < -0.3 is 10.1 Å². The van der Waals surface area contributed by atoms with Crippen molar-refractivity contribution in [2.45, 2.75) is 32.0 Å². The van der Waals surface area contributed by atoms with Gasteiger partial charge in [-0.2, -0.15) is 13.2 Å². The third-order valence-corrected chi connectivity index (χ3v) is 5.02. The van der Waals surface area contributed by atoms with Gasteiger partial charge >= 0.3 is 6.18 Å². The molecule has 1 fully saturated rings. The Morgan fingerprint density at radius 2 is 2.07 bits per heavy atom. The van der Waals surface area contributed by atoms with Gasteiger partial charge in [0.1, 0.15) is 0 Å². The predicted octanol–water partition coefficient (Wildman–Crippen LogP) is 3.56. The number of ether oxygens (including phenoxy) is 1. The van der Waals surface area contributed by atoms with Gasteiger partial charge in [-0.05, 0) is 25.0 Å². The van der Waals surface area contributed by atoms with Gasteiger partial charge in [0.15, 0.2) is 6.61 Å². The highest BCUT2D eigenvalue weighted by atomic mass is 19.4. The zero-order chi connectivity index (χ0) is 20.6. The Kier molecular flexibility index (Phi) is 4.97. The average molecular weight is 404 g/mol. The number of rotatable bonds is 6. The number of benzene rings is 1. The van der Waals surface area contributed by atoms with Crippen LogP contribution >= 0.6 is 0 Å². The molecule has 0 radical (unpaired) electrons. The van der Waals surface area contributed by atoms with Crippen LogP contribution in [0.15, 0.2) is 41.7 Å². The van der Waals surface area contributed by atoms with Gasteiger partial charge in [0.2, 0.25) is 11.8 Å². The SMILES string of the molecule is C[C@@H](NC(=O)[C@H]1C[C@@H]1C1=Nc2ccccc2C1)c1cnc(OCC(F)(F)F)cn1. The summed E-state index contributed by atoms with van der Waals surface area (Å²) < 4.78 is 41.0. The number of para-hydroxylation sites is 1. The van der Waals surface area contributed by atoms with E-state index in [0.29, 0.717) is 5.69 Å². The molecule has 152 valence electrons. The summed E-state index contributed by atoms with van der Waals surface area (Å²) in [6.07, 6.45) is -0.466. The Balaban J connectivity index is 1.29. The molecular weight excluding hydrogens is 385 g/mol. The number of nitrogens with zero attached hydrogens (tertiary/aromatic N) is 3. The largest absolute Gasteiger partial charge is 0.467 e. The van der Waals surface area contributed by atoms with Gasteiger partial charge in [-0.3, -0.25) is 14.8 Å². The van der Waals surface area contributed by atoms with Crippen LogP contribution in [0.1, 0.15) is 30.6 Å². The molecule has 0 unspecified atom stereocenters. The van der Waals surface area contributed by atoms with Crippen LogP contribution in [0.25, 0.3) is 0 Å². The summed E-state index contributed by atoms with van der Waals surface area (Å²) in [6.45, 7) is 0.322. The first-order valence-electron chi connectivity index (χ1n) is 9.27. The molecule has 1 aliphatic carbocycles. The fourth-order valence-electron chi connectivity index (χ4n) is 3.40. The van der Waals surface area contributed by atoms with Crippen molar-refractivity contribution >= 4 is 17.3 Å². The standard InChI is InChI=1S/C20H19F3N4O2/c1-11(17-8-25-18(9-24-17)29-10-20(21,22)23)26-19(28)14-7-13(14)16-6-12-4-2-3-5-15(12)27-16/h2-5,8-9,11,13-14H,6-7,10H2,1H3,(H,26,28)/t11-,13+,14+/m1/s1. The fraction of sp³-hybridized carbons (Fsp3) is 0.400. The van der Waals surface area contributed by atoms with E-state index in [1.165, 1.54) is 11.8 Å². The maximum absolute atomic E-state index is 12.5. The van der Waals surface area contributed by atoms with Gasteiger partial charge in [0.05, 0.1) is 29.8 Å². The first kappa shape index (κ1) is 19.4. The van der Waals surface area contributed by atoms with E-state index in [9.17, 15) is 18.0 Å². The molecule has 1 saturated carbocycles. The van der Waals surface area contributed by atoms with Crippen molar-refractivity contribution in [3.63, 3.8) is 0 Å². The number of carbonyl (C=O) groups is 1. The summed E-state index contributed by atoms with van der Waals surface area (Å²) in [6, 6.07) is 7.53. The monoisotopic (exact) mass is 404 g/mol. The second kappa shape index (κ2) is 7.46. The summed E-state index contributed by atoms with van der Waals surface area (Å²) in [7, 11) is 0. The molecule has 0 bridgehead atoms. The zero-order valence-electron chi connectivity index (χ0n) is 15.6. The Bertz CT molecular complexity index is 943. The van der Waals surface area contributed by atoms with E-state index >= 15 is 0 Å². The number of fused-ring (bicyclic) bond motifs is 1. The molecule has 1 aromatic carbocycles. The number of aliphatic imine (C=N–C) groups is 1. The van der Waals surface area contributed by atoms with E-state index < -0.39 is 18.8 Å². The van der Waals surface area contributed by atoms with Gasteiger partial charge in [0.25, 0.3) is 0 Å². The zero-order valence-corrected chi connectivity index (χ0v) is 15.6. The third kappa shape index (κ3) is 4.55. The molecule has 4 rings (SSSR count). The number of hydrogen-bond donors (Lipinski definition) is 1. The van der Waals surface area contributed by atoms with E-state index in [2.05, 4.69) is 25.0 Å². The van der Waals surface area contributed by atoms with Crippen molar-refractivity contribution < 1.29 is 22.7 Å². The van der Waals surface area contributed by atoms with Crippen LogP contribution in [-0.2, 0) is 11.2 Å². The maximum atomic E-state index is 12.5. The van der Waals surface area contributed by atoms with Crippen LogP contribution in [0.2, 0.25) is 0 Å². The number of halogens is 3. The minimum Gasteiger partial charge on any atom is -0.467 e. The van der Waals surface area contributed by atoms with Crippen LogP contribution in [0, 0.1) is 11.8 Å². The van der Waals surface area contributed by atoms with Gasteiger partial charge in [-0.1, -0.05) is 18.2 Å².